The molecular formula is C21H33NO4. The minimum absolute atomic E-state index is 0.174. The lowest BCUT2D eigenvalue weighted by Crippen LogP contribution is -2.36. The normalized spacial score (nSPS) is 21.2. The molecule has 1 unspecified atom stereocenters. The Morgan fingerprint density at radius 1 is 1.12 bits per heavy atom. The molecule has 2 N–H and O–H groups in total. The van der Waals surface area contributed by atoms with Crippen molar-refractivity contribution in [1.82, 2.24) is 5.32 Å². The highest BCUT2D eigenvalue weighted by Gasteiger charge is 2.26. The van der Waals surface area contributed by atoms with Crippen molar-refractivity contribution in [3.63, 3.8) is 0 Å². The predicted molar refractivity (Wildman–Crippen MR) is 103 cm³/mol. The Labute approximate surface area is 157 Å². The Hall–Kier alpha value is -1.75. The second-order valence-corrected chi connectivity index (χ2v) is 7.18. The van der Waals surface area contributed by atoms with Gasteiger partial charge in [0.25, 0.3) is 0 Å². The number of hydrogen-bond donors (Lipinski definition) is 2. The first-order valence-electron chi connectivity index (χ1n) is 9.93. The van der Waals surface area contributed by atoms with Crippen molar-refractivity contribution in [2.75, 3.05) is 13.2 Å². The van der Waals surface area contributed by atoms with Gasteiger partial charge in [0.2, 0.25) is 0 Å². The molecule has 1 aliphatic carbocycles. The molecule has 0 saturated heterocycles. The fraction of sp³-hybridized carbons (Fsp3) is 0.667. The Balaban J connectivity index is 1.99. The van der Waals surface area contributed by atoms with Crippen LogP contribution in [0.5, 0.6) is 11.5 Å². The molecule has 5 nitrogen and oxygen atoms in total. The molecule has 1 fully saturated rings. The smallest absolute Gasteiger partial charge is 0.306 e. The summed E-state index contributed by atoms with van der Waals surface area (Å²) >= 11 is 0. The summed E-state index contributed by atoms with van der Waals surface area (Å²) in [5, 5.41) is 12.8. The molecule has 2 rings (SSSR count). The molecule has 1 saturated carbocycles. The SMILES string of the molecule is CCCOc1ccc(C(C)NC2CCC(C(=O)O)CC2)cc1OCCC. The summed E-state index contributed by atoms with van der Waals surface area (Å²) in [4.78, 5) is 11.1. The van der Waals surface area contributed by atoms with Gasteiger partial charge in [0.15, 0.2) is 11.5 Å². The van der Waals surface area contributed by atoms with Crippen molar-refractivity contribution in [2.45, 2.75) is 71.4 Å². The standard InChI is InChI=1S/C21H33NO4/c1-4-12-25-19-11-8-17(14-20(19)26-13-5-2)15(3)22-18-9-6-16(7-10-18)21(23)24/h8,11,14-16,18,22H,4-7,9-10,12-13H2,1-3H3,(H,23,24). The maximum atomic E-state index is 11.1. The highest BCUT2D eigenvalue weighted by Crippen LogP contribution is 2.32. The predicted octanol–water partition coefficient (Wildman–Crippen LogP) is 4.56. The van der Waals surface area contributed by atoms with E-state index in [1.165, 1.54) is 5.56 Å². The van der Waals surface area contributed by atoms with Gasteiger partial charge in [-0.05, 0) is 63.1 Å². The molecule has 0 heterocycles. The topological polar surface area (TPSA) is 67.8 Å². The van der Waals surface area contributed by atoms with E-state index in [0.717, 1.165) is 50.0 Å². The number of benzene rings is 1. The van der Waals surface area contributed by atoms with E-state index in [1.807, 2.05) is 6.07 Å². The van der Waals surface area contributed by atoms with E-state index in [2.05, 4.69) is 38.2 Å². The number of ether oxygens (including phenoxy) is 2. The van der Waals surface area contributed by atoms with Crippen molar-refractivity contribution >= 4 is 5.97 Å². The van der Waals surface area contributed by atoms with Gasteiger partial charge in [0.05, 0.1) is 19.1 Å². The highest BCUT2D eigenvalue weighted by molar-refractivity contribution is 5.70. The first kappa shape index (κ1) is 20.6. The maximum Gasteiger partial charge on any atom is 0.306 e. The molecule has 26 heavy (non-hydrogen) atoms. The van der Waals surface area contributed by atoms with Crippen molar-refractivity contribution in [1.29, 1.82) is 0 Å². The fourth-order valence-corrected chi connectivity index (χ4v) is 3.41. The summed E-state index contributed by atoms with van der Waals surface area (Å²) in [6.07, 6.45) is 5.27. The summed E-state index contributed by atoms with van der Waals surface area (Å²) in [5.41, 5.74) is 1.17. The number of carboxylic acid groups (broad SMARTS) is 1. The van der Waals surface area contributed by atoms with Gasteiger partial charge in [-0.3, -0.25) is 4.79 Å². The van der Waals surface area contributed by atoms with Crippen molar-refractivity contribution < 1.29 is 19.4 Å². The molecule has 0 aliphatic heterocycles. The molecule has 5 heteroatoms. The number of hydrogen-bond acceptors (Lipinski definition) is 4. The number of carboxylic acids is 1. The molecule has 0 spiro atoms. The van der Waals surface area contributed by atoms with Gasteiger partial charge in [-0.15, -0.1) is 0 Å². The third-order valence-electron chi connectivity index (χ3n) is 4.95. The molecule has 1 aromatic carbocycles. The number of nitrogens with one attached hydrogen (secondary N) is 1. The summed E-state index contributed by atoms with van der Waals surface area (Å²) in [6.45, 7) is 7.68. The minimum atomic E-state index is -0.656. The molecular weight excluding hydrogens is 330 g/mol. The molecule has 146 valence electrons. The summed E-state index contributed by atoms with van der Waals surface area (Å²) < 4.78 is 11.7. The number of carbonyl (C=O) groups is 1. The summed E-state index contributed by atoms with van der Waals surface area (Å²) in [6, 6.07) is 6.71. The Bertz CT molecular complexity index is 567. The van der Waals surface area contributed by atoms with Gasteiger partial charge >= 0.3 is 5.97 Å². The van der Waals surface area contributed by atoms with Gasteiger partial charge in [-0.25, -0.2) is 0 Å². The van der Waals surface area contributed by atoms with E-state index in [9.17, 15) is 4.79 Å². The van der Waals surface area contributed by atoms with E-state index in [1.54, 1.807) is 0 Å². The van der Waals surface area contributed by atoms with E-state index < -0.39 is 5.97 Å². The van der Waals surface area contributed by atoms with Crippen LogP contribution in [0.25, 0.3) is 0 Å². The van der Waals surface area contributed by atoms with Crippen LogP contribution < -0.4 is 14.8 Å². The first-order chi connectivity index (χ1) is 12.5. The third-order valence-corrected chi connectivity index (χ3v) is 4.95. The molecule has 0 amide bonds. The third kappa shape index (κ3) is 5.90. The van der Waals surface area contributed by atoms with Crippen LogP contribution in [0.4, 0.5) is 0 Å². The van der Waals surface area contributed by atoms with E-state index in [4.69, 9.17) is 14.6 Å². The van der Waals surface area contributed by atoms with Crippen LogP contribution in [0.15, 0.2) is 18.2 Å². The molecule has 0 aromatic heterocycles. The lowest BCUT2D eigenvalue weighted by Gasteiger charge is -2.30. The van der Waals surface area contributed by atoms with Crippen LogP contribution in [-0.4, -0.2) is 30.3 Å². The van der Waals surface area contributed by atoms with Gasteiger partial charge in [0.1, 0.15) is 0 Å². The van der Waals surface area contributed by atoms with Crippen LogP contribution >= 0.6 is 0 Å². The molecule has 0 bridgehead atoms. The van der Waals surface area contributed by atoms with Crippen LogP contribution in [-0.2, 0) is 4.79 Å². The van der Waals surface area contributed by atoms with Gasteiger partial charge in [-0.2, -0.15) is 0 Å². The average molecular weight is 363 g/mol. The van der Waals surface area contributed by atoms with E-state index >= 15 is 0 Å². The molecule has 1 aliphatic rings. The lowest BCUT2D eigenvalue weighted by atomic mass is 9.85. The summed E-state index contributed by atoms with van der Waals surface area (Å²) in [7, 11) is 0. The van der Waals surface area contributed by atoms with E-state index in [0.29, 0.717) is 19.3 Å². The van der Waals surface area contributed by atoms with Crippen LogP contribution in [0, 0.1) is 5.92 Å². The Morgan fingerprint density at radius 3 is 2.31 bits per heavy atom. The average Bonchev–Trinajstić information content (AvgIpc) is 2.65. The second-order valence-electron chi connectivity index (χ2n) is 7.18. The fourth-order valence-electron chi connectivity index (χ4n) is 3.41. The molecule has 1 aromatic rings. The Morgan fingerprint density at radius 2 is 1.73 bits per heavy atom. The number of aliphatic carboxylic acids is 1. The highest BCUT2D eigenvalue weighted by atomic mass is 16.5. The van der Waals surface area contributed by atoms with Gasteiger partial charge in [0, 0.05) is 12.1 Å². The molecule has 0 radical (unpaired) electrons. The van der Waals surface area contributed by atoms with Crippen molar-refractivity contribution in [3.05, 3.63) is 23.8 Å². The van der Waals surface area contributed by atoms with Crippen molar-refractivity contribution in [2.24, 2.45) is 5.92 Å². The summed E-state index contributed by atoms with van der Waals surface area (Å²) in [5.74, 6) is 0.781. The zero-order chi connectivity index (χ0) is 18.9. The minimum Gasteiger partial charge on any atom is -0.490 e. The number of rotatable bonds is 10. The van der Waals surface area contributed by atoms with E-state index in [-0.39, 0.29) is 12.0 Å². The van der Waals surface area contributed by atoms with Crippen LogP contribution in [0.2, 0.25) is 0 Å². The molecule has 1 atom stereocenters. The Kier molecular flexibility index (Phi) is 8.23. The zero-order valence-electron chi connectivity index (χ0n) is 16.3. The second kappa shape index (κ2) is 10.4. The monoisotopic (exact) mass is 363 g/mol. The first-order valence-corrected chi connectivity index (χ1v) is 9.93. The maximum absolute atomic E-state index is 11.1. The lowest BCUT2D eigenvalue weighted by molar-refractivity contribution is -0.142. The van der Waals surface area contributed by atoms with Crippen molar-refractivity contribution in [3.8, 4) is 11.5 Å². The van der Waals surface area contributed by atoms with Crippen LogP contribution in [0.1, 0.15) is 70.9 Å². The van der Waals surface area contributed by atoms with Crippen LogP contribution in [0.3, 0.4) is 0 Å². The zero-order valence-corrected chi connectivity index (χ0v) is 16.3. The largest absolute Gasteiger partial charge is 0.490 e. The quantitative estimate of drug-likeness (QED) is 0.638. The van der Waals surface area contributed by atoms with Gasteiger partial charge in [-0.1, -0.05) is 19.9 Å². The van der Waals surface area contributed by atoms with Gasteiger partial charge < -0.3 is 19.9 Å².